The number of hydrogen-bond donors (Lipinski definition) is 1. The molecule has 0 aromatic heterocycles. The topological polar surface area (TPSA) is 41.7 Å². The second-order valence-corrected chi connectivity index (χ2v) is 7.29. The molecule has 118 valence electrons. The molecule has 0 radical (unpaired) electrons. The molecule has 2 fully saturated rings. The molecule has 20 heavy (non-hydrogen) atoms. The molecule has 4 heteroatoms. The molecule has 3 atom stereocenters. The summed E-state index contributed by atoms with van der Waals surface area (Å²) in [6.07, 6.45) is 5.19. The van der Waals surface area contributed by atoms with Crippen molar-refractivity contribution in [3.05, 3.63) is 0 Å². The fourth-order valence-electron chi connectivity index (χ4n) is 4.00. The highest BCUT2D eigenvalue weighted by atomic mass is 16.5. The Morgan fingerprint density at radius 1 is 1.40 bits per heavy atom. The summed E-state index contributed by atoms with van der Waals surface area (Å²) >= 11 is 0. The van der Waals surface area contributed by atoms with E-state index in [0.29, 0.717) is 18.1 Å². The molecule has 0 aromatic rings. The number of ether oxygens (including phenoxy) is 1. The minimum absolute atomic E-state index is 0.171. The summed E-state index contributed by atoms with van der Waals surface area (Å²) in [5.41, 5.74) is 6.43. The van der Waals surface area contributed by atoms with Gasteiger partial charge in [-0.2, -0.15) is 0 Å². The maximum atomic E-state index is 6.26. The molecular formula is C16H33N3O. The molecule has 3 unspecified atom stereocenters. The van der Waals surface area contributed by atoms with Crippen LogP contribution in [0.15, 0.2) is 0 Å². The van der Waals surface area contributed by atoms with Gasteiger partial charge in [-0.15, -0.1) is 0 Å². The Balaban J connectivity index is 2.12. The second-order valence-electron chi connectivity index (χ2n) is 7.29. The van der Waals surface area contributed by atoms with Crippen LogP contribution in [0.5, 0.6) is 0 Å². The number of nitrogens with zero attached hydrogens (tertiary/aromatic N) is 2. The van der Waals surface area contributed by atoms with Gasteiger partial charge in [0.1, 0.15) is 0 Å². The molecule has 2 saturated heterocycles. The highest BCUT2D eigenvalue weighted by Crippen LogP contribution is 2.37. The SMILES string of the molecule is CC(C)C1CC(CN)(N2CCCC2CN(C)C)CCO1. The molecule has 2 rings (SSSR count). The van der Waals surface area contributed by atoms with E-state index < -0.39 is 0 Å². The third-order valence-electron chi connectivity index (χ3n) is 5.17. The molecule has 4 nitrogen and oxygen atoms in total. The van der Waals surface area contributed by atoms with Crippen LogP contribution in [0.25, 0.3) is 0 Å². The van der Waals surface area contributed by atoms with Gasteiger partial charge in [0.05, 0.1) is 6.10 Å². The molecule has 2 aliphatic heterocycles. The van der Waals surface area contributed by atoms with E-state index >= 15 is 0 Å². The van der Waals surface area contributed by atoms with Crippen molar-refractivity contribution in [3.8, 4) is 0 Å². The van der Waals surface area contributed by atoms with Crippen LogP contribution >= 0.6 is 0 Å². The van der Waals surface area contributed by atoms with Crippen molar-refractivity contribution in [2.24, 2.45) is 11.7 Å². The molecule has 2 heterocycles. The van der Waals surface area contributed by atoms with Gasteiger partial charge in [0.15, 0.2) is 0 Å². The van der Waals surface area contributed by atoms with Gasteiger partial charge in [-0.05, 0) is 52.2 Å². The van der Waals surface area contributed by atoms with E-state index in [9.17, 15) is 0 Å². The summed E-state index contributed by atoms with van der Waals surface area (Å²) in [5, 5.41) is 0. The van der Waals surface area contributed by atoms with Crippen molar-refractivity contribution in [2.75, 3.05) is 40.3 Å². The normalized spacial score (nSPS) is 36.1. The zero-order valence-corrected chi connectivity index (χ0v) is 13.8. The van der Waals surface area contributed by atoms with E-state index in [1.54, 1.807) is 0 Å². The van der Waals surface area contributed by atoms with E-state index in [4.69, 9.17) is 10.5 Å². The van der Waals surface area contributed by atoms with Crippen LogP contribution in [0.3, 0.4) is 0 Å². The Morgan fingerprint density at radius 3 is 2.75 bits per heavy atom. The number of hydrogen-bond acceptors (Lipinski definition) is 4. The van der Waals surface area contributed by atoms with Gasteiger partial charge < -0.3 is 15.4 Å². The summed E-state index contributed by atoms with van der Waals surface area (Å²) in [7, 11) is 4.35. The molecule has 0 aromatic carbocycles. The molecule has 0 amide bonds. The lowest BCUT2D eigenvalue weighted by Crippen LogP contribution is -2.61. The van der Waals surface area contributed by atoms with Crippen LogP contribution in [-0.4, -0.2) is 67.8 Å². The van der Waals surface area contributed by atoms with E-state index in [0.717, 1.165) is 32.5 Å². The third-order valence-corrected chi connectivity index (χ3v) is 5.17. The number of rotatable bonds is 5. The lowest BCUT2D eigenvalue weighted by Gasteiger charge is -2.50. The average Bonchev–Trinajstić information content (AvgIpc) is 2.86. The third kappa shape index (κ3) is 3.35. The highest BCUT2D eigenvalue weighted by Gasteiger charge is 2.45. The van der Waals surface area contributed by atoms with Crippen LogP contribution in [0, 0.1) is 5.92 Å². The molecule has 2 aliphatic rings. The van der Waals surface area contributed by atoms with Crippen LogP contribution in [0.2, 0.25) is 0 Å². The lowest BCUT2D eigenvalue weighted by atomic mass is 9.81. The van der Waals surface area contributed by atoms with Gasteiger partial charge in [-0.3, -0.25) is 4.90 Å². The quantitative estimate of drug-likeness (QED) is 0.831. The smallest absolute Gasteiger partial charge is 0.0616 e. The Hall–Kier alpha value is -0.160. The maximum absolute atomic E-state index is 6.26. The summed E-state index contributed by atoms with van der Waals surface area (Å²) < 4.78 is 5.98. The Labute approximate surface area is 124 Å². The predicted molar refractivity (Wildman–Crippen MR) is 83.9 cm³/mol. The summed E-state index contributed by atoms with van der Waals surface area (Å²) in [6.45, 7) is 8.52. The zero-order valence-electron chi connectivity index (χ0n) is 13.8. The molecule has 0 aliphatic carbocycles. The Bertz CT molecular complexity index is 308. The van der Waals surface area contributed by atoms with E-state index in [2.05, 4.69) is 37.7 Å². The minimum atomic E-state index is 0.171. The van der Waals surface area contributed by atoms with Crippen molar-refractivity contribution in [1.82, 2.24) is 9.80 Å². The first-order chi connectivity index (χ1) is 9.48. The van der Waals surface area contributed by atoms with E-state index in [1.807, 2.05) is 0 Å². The molecule has 2 N–H and O–H groups in total. The van der Waals surface area contributed by atoms with Gasteiger partial charge in [-0.25, -0.2) is 0 Å². The number of likely N-dealkylation sites (tertiary alicyclic amines) is 1. The van der Waals surface area contributed by atoms with Gasteiger partial charge >= 0.3 is 0 Å². The lowest BCUT2D eigenvalue weighted by molar-refractivity contribution is -0.0921. The molecular weight excluding hydrogens is 250 g/mol. The van der Waals surface area contributed by atoms with Crippen molar-refractivity contribution < 1.29 is 4.74 Å². The standard InChI is InChI=1S/C16H33N3O/c1-13(2)15-10-16(12-17,7-9-20-15)19-8-5-6-14(19)11-18(3)4/h13-15H,5-12,17H2,1-4H3. The minimum Gasteiger partial charge on any atom is -0.378 e. The highest BCUT2D eigenvalue weighted by molar-refractivity contribution is 5.01. The molecule has 0 bridgehead atoms. The Morgan fingerprint density at radius 2 is 2.15 bits per heavy atom. The van der Waals surface area contributed by atoms with Crippen molar-refractivity contribution in [3.63, 3.8) is 0 Å². The van der Waals surface area contributed by atoms with Crippen molar-refractivity contribution >= 4 is 0 Å². The van der Waals surface area contributed by atoms with Gasteiger partial charge in [0.2, 0.25) is 0 Å². The summed E-state index contributed by atoms with van der Waals surface area (Å²) in [6, 6.07) is 0.666. The molecule has 0 spiro atoms. The van der Waals surface area contributed by atoms with Crippen LogP contribution in [-0.2, 0) is 4.74 Å². The largest absolute Gasteiger partial charge is 0.378 e. The fraction of sp³-hybridized carbons (Fsp3) is 1.00. The van der Waals surface area contributed by atoms with E-state index in [1.165, 1.54) is 19.4 Å². The van der Waals surface area contributed by atoms with Gasteiger partial charge in [0, 0.05) is 31.3 Å². The first-order valence-corrected chi connectivity index (χ1v) is 8.21. The van der Waals surface area contributed by atoms with Crippen LogP contribution in [0.1, 0.15) is 39.5 Å². The fourth-order valence-corrected chi connectivity index (χ4v) is 4.00. The summed E-state index contributed by atoms with van der Waals surface area (Å²) in [4.78, 5) is 5.04. The summed E-state index contributed by atoms with van der Waals surface area (Å²) in [5.74, 6) is 0.580. The monoisotopic (exact) mass is 283 g/mol. The Kier molecular flexibility index (Phi) is 5.46. The van der Waals surface area contributed by atoms with Gasteiger partial charge in [-0.1, -0.05) is 13.8 Å². The van der Waals surface area contributed by atoms with E-state index in [-0.39, 0.29) is 5.54 Å². The number of nitrogens with two attached hydrogens (primary N) is 1. The second kappa shape index (κ2) is 6.73. The van der Waals surface area contributed by atoms with Crippen molar-refractivity contribution in [2.45, 2.75) is 57.2 Å². The van der Waals surface area contributed by atoms with Crippen LogP contribution < -0.4 is 5.73 Å². The van der Waals surface area contributed by atoms with Gasteiger partial charge in [0.25, 0.3) is 0 Å². The number of likely N-dealkylation sites (N-methyl/N-ethyl adjacent to an activating group) is 1. The van der Waals surface area contributed by atoms with Crippen LogP contribution in [0.4, 0.5) is 0 Å². The average molecular weight is 283 g/mol. The first kappa shape index (κ1) is 16.2. The van der Waals surface area contributed by atoms with Crippen molar-refractivity contribution in [1.29, 1.82) is 0 Å². The first-order valence-electron chi connectivity index (χ1n) is 8.21. The zero-order chi connectivity index (χ0) is 14.8. The predicted octanol–water partition coefficient (Wildman–Crippen LogP) is 1.54. The molecule has 0 saturated carbocycles. The maximum Gasteiger partial charge on any atom is 0.0616 e.